The first-order valence-electron chi connectivity index (χ1n) is 7.83. The number of aliphatic hydroxyl groups excluding tert-OH is 1. The lowest BCUT2D eigenvalue weighted by molar-refractivity contribution is 0.198. The highest BCUT2D eigenvalue weighted by Crippen LogP contribution is 2.27. The van der Waals surface area contributed by atoms with Crippen molar-refractivity contribution in [2.75, 3.05) is 18.0 Å². The Balaban J connectivity index is 1.77. The van der Waals surface area contributed by atoms with E-state index in [9.17, 15) is 5.11 Å². The number of aliphatic hydroxyl groups is 1. The molecule has 1 aliphatic rings. The summed E-state index contributed by atoms with van der Waals surface area (Å²) in [5.41, 5.74) is 3.27. The molecule has 2 heterocycles. The van der Waals surface area contributed by atoms with Gasteiger partial charge in [0.1, 0.15) is 0 Å². The van der Waals surface area contributed by atoms with Gasteiger partial charge >= 0.3 is 0 Å². The van der Waals surface area contributed by atoms with Gasteiger partial charge in [0.15, 0.2) is 0 Å². The summed E-state index contributed by atoms with van der Waals surface area (Å²) in [4.78, 5) is 6.96. The van der Waals surface area contributed by atoms with Gasteiger partial charge in [-0.25, -0.2) is 4.98 Å². The summed E-state index contributed by atoms with van der Waals surface area (Å²) in [7, 11) is 0. The van der Waals surface area contributed by atoms with Crippen LogP contribution in [0.25, 0.3) is 11.0 Å². The van der Waals surface area contributed by atoms with Crippen LogP contribution in [0.2, 0.25) is 5.02 Å². The number of aromatic nitrogens is 2. The minimum absolute atomic E-state index is 0.265. The third kappa shape index (κ3) is 2.80. The highest BCUT2D eigenvalue weighted by Gasteiger charge is 2.25. The van der Waals surface area contributed by atoms with E-state index in [1.165, 1.54) is 5.56 Å². The third-order valence-electron chi connectivity index (χ3n) is 4.33. The monoisotopic (exact) mass is 327 g/mol. The van der Waals surface area contributed by atoms with E-state index in [0.717, 1.165) is 41.5 Å². The zero-order valence-electron chi connectivity index (χ0n) is 12.7. The second-order valence-corrected chi connectivity index (χ2v) is 6.44. The van der Waals surface area contributed by atoms with Crippen molar-refractivity contribution in [1.82, 2.24) is 9.55 Å². The van der Waals surface area contributed by atoms with Crippen LogP contribution in [-0.2, 0) is 6.54 Å². The van der Waals surface area contributed by atoms with Crippen LogP contribution < -0.4 is 4.90 Å². The summed E-state index contributed by atoms with van der Waals surface area (Å²) in [6.07, 6.45) is 0.531. The van der Waals surface area contributed by atoms with E-state index in [2.05, 4.69) is 15.5 Å². The molecule has 3 aromatic rings. The van der Waals surface area contributed by atoms with Crippen LogP contribution in [0, 0.1) is 0 Å². The molecule has 2 aromatic carbocycles. The first-order chi connectivity index (χ1) is 11.2. The minimum atomic E-state index is -0.265. The molecule has 1 saturated heterocycles. The second-order valence-electron chi connectivity index (χ2n) is 6.00. The molecule has 23 heavy (non-hydrogen) atoms. The number of hydrogen-bond acceptors (Lipinski definition) is 3. The fraction of sp³-hybridized carbons (Fsp3) is 0.278. The van der Waals surface area contributed by atoms with E-state index >= 15 is 0 Å². The van der Waals surface area contributed by atoms with Crippen LogP contribution in [0.4, 0.5) is 5.95 Å². The first-order valence-corrected chi connectivity index (χ1v) is 8.21. The summed E-state index contributed by atoms with van der Waals surface area (Å²) < 4.78 is 2.22. The predicted molar refractivity (Wildman–Crippen MR) is 93.1 cm³/mol. The molecule has 1 fully saturated rings. The number of benzene rings is 2. The zero-order chi connectivity index (χ0) is 15.8. The smallest absolute Gasteiger partial charge is 0.206 e. The van der Waals surface area contributed by atoms with E-state index in [1.54, 1.807) is 0 Å². The average Bonchev–Trinajstić information content (AvgIpc) is 3.14. The van der Waals surface area contributed by atoms with Crippen molar-refractivity contribution in [2.45, 2.75) is 19.1 Å². The van der Waals surface area contributed by atoms with Crippen molar-refractivity contribution in [3.05, 3.63) is 59.1 Å². The first kappa shape index (κ1) is 14.5. The van der Waals surface area contributed by atoms with Gasteiger partial charge in [-0.1, -0.05) is 35.9 Å². The summed E-state index contributed by atoms with van der Waals surface area (Å²) in [6, 6.07) is 16.1. The summed E-state index contributed by atoms with van der Waals surface area (Å²) in [5, 5.41) is 10.6. The van der Waals surface area contributed by atoms with Crippen molar-refractivity contribution in [2.24, 2.45) is 0 Å². The lowest BCUT2D eigenvalue weighted by atomic mass is 10.2. The van der Waals surface area contributed by atoms with Gasteiger partial charge in [0, 0.05) is 18.1 Å². The van der Waals surface area contributed by atoms with Crippen molar-refractivity contribution in [3.8, 4) is 0 Å². The molecule has 1 atom stereocenters. The number of imidazole rings is 1. The Morgan fingerprint density at radius 3 is 2.65 bits per heavy atom. The Morgan fingerprint density at radius 2 is 1.91 bits per heavy atom. The maximum absolute atomic E-state index is 9.85. The number of nitrogens with zero attached hydrogens (tertiary/aromatic N) is 3. The molecule has 4 nitrogen and oxygen atoms in total. The Labute approximate surface area is 139 Å². The van der Waals surface area contributed by atoms with Gasteiger partial charge in [-0.3, -0.25) is 0 Å². The SMILES string of the molecule is O[C@@H]1CCN(c2nc3ccccc3n2Cc2ccc(Cl)cc2)C1. The Morgan fingerprint density at radius 1 is 1.13 bits per heavy atom. The number of para-hydroxylation sites is 2. The molecule has 0 unspecified atom stereocenters. The number of anilines is 1. The summed E-state index contributed by atoms with van der Waals surface area (Å²) >= 11 is 5.98. The summed E-state index contributed by atoms with van der Waals surface area (Å²) in [5.74, 6) is 0.928. The van der Waals surface area contributed by atoms with E-state index in [-0.39, 0.29) is 6.10 Å². The fourth-order valence-electron chi connectivity index (χ4n) is 3.16. The third-order valence-corrected chi connectivity index (χ3v) is 4.59. The van der Waals surface area contributed by atoms with Gasteiger partial charge in [-0.2, -0.15) is 0 Å². The lowest BCUT2D eigenvalue weighted by Gasteiger charge is -2.19. The van der Waals surface area contributed by atoms with Gasteiger partial charge < -0.3 is 14.6 Å². The minimum Gasteiger partial charge on any atom is -0.391 e. The number of rotatable bonds is 3. The Kier molecular flexibility index (Phi) is 3.71. The van der Waals surface area contributed by atoms with Gasteiger partial charge in [-0.05, 0) is 36.2 Å². The van der Waals surface area contributed by atoms with Gasteiger partial charge in [0.05, 0.1) is 23.7 Å². The summed E-state index contributed by atoms with van der Waals surface area (Å²) in [6.45, 7) is 2.22. The van der Waals surface area contributed by atoms with E-state index in [1.807, 2.05) is 42.5 Å². The molecule has 1 aliphatic heterocycles. The van der Waals surface area contributed by atoms with E-state index in [4.69, 9.17) is 16.6 Å². The molecular weight excluding hydrogens is 310 g/mol. The van der Waals surface area contributed by atoms with E-state index < -0.39 is 0 Å². The zero-order valence-corrected chi connectivity index (χ0v) is 13.4. The molecule has 0 amide bonds. The van der Waals surface area contributed by atoms with E-state index in [0.29, 0.717) is 6.54 Å². The maximum atomic E-state index is 9.85. The van der Waals surface area contributed by atoms with Crippen molar-refractivity contribution in [3.63, 3.8) is 0 Å². The van der Waals surface area contributed by atoms with Crippen LogP contribution in [0.1, 0.15) is 12.0 Å². The van der Waals surface area contributed by atoms with Crippen LogP contribution in [-0.4, -0.2) is 33.9 Å². The maximum Gasteiger partial charge on any atom is 0.206 e. The molecule has 1 aromatic heterocycles. The second kappa shape index (κ2) is 5.87. The number of halogens is 1. The molecule has 4 rings (SSSR count). The molecule has 118 valence electrons. The quantitative estimate of drug-likeness (QED) is 0.802. The van der Waals surface area contributed by atoms with Gasteiger partial charge in [-0.15, -0.1) is 0 Å². The van der Waals surface area contributed by atoms with Crippen LogP contribution in [0.15, 0.2) is 48.5 Å². The normalized spacial score (nSPS) is 18.0. The average molecular weight is 328 g/mol. The molecule has 5 heteroatoms. The predicted octanol–water partition coefficient (Wildman–Crippen LogP) is 3.31. The molecule has 0 spiro atoms. The van der Waals surface area contributed by atoms with Crippen molar-refractivity contribution in [1.29, 1.82) is 0 Å². The Hall–Kier alpha value is -2.04. The highest BCUT2D eigenvalue weighted by atomic mass is 35.5. The van der Waals surface area contributed by atoms with Crippen molar-refractivity contribution < 1.29 is 5.11 Å². The number of fused-ring (bicyclic) bond motifs is 1. The number of hydrogen-bond donors (Lipinski definition) is 1. The standard InChI is InChI=1S/C18H18ClN3O/c19-14-7-5-13(6-8-14)11-22-17-4-2-1-3-16(17)20-18(22)21-10-9-15(23)12-21/h1-8,15,23H,9-12H2/t15-/m1/s1. The van der Waals surface area contributed by atoms with Crippen LogP contribution >= 0.6 is 11.6 Å². The van der Waals surface area contributed by atoms with Crippen molar-refractivity contribution >= 4 is 28.6 Å². The Bertz CT molecular complexity index is 828. The molecule has 0 saturated carbocycles. The molecule has 1 N–H and O–H groups in total. The molecule has 0 radical (unpaired) electrons. The fourth-order valence-corrected chi connectivity index (χ4v) is 3.28. The van der Waals surface area contributed by atoms with Crippen LogP contribution in [0.3, 0.4) is 0 Å². The molecule has 0 bridgehead atoms. The van der Waals surface area contributed by atoms with Gasteiger partial charge in [0.2, 0.25) is 5.95 Å². The lowest BCUT2D eigenvalue weighted by Crippen LogP contribution is -2.25. The highest BCUT2D eigenvalue weighted by molar-refractivity contribution is 6.30. The topological polar surface area (TPSA) is 41.3 Å². The van der Waals surface area contributed by atoms with Gasteiger partial charge in [0.25, 0.3) is 0 Å². The number of β-amino-alcohol motifs (C(OH)–C–C–N with tert-alkyl or cyclic N) is 1. The molecular formula is C18H18ClN3O. The largest absolute Gasteiger partial charge is 0.391 e. The van der Waals surface area contributed by atoms with Crippen LogP contribution in [0.5, 0.6) is 0 Å². The molecule has 0 aliphatic carbocycles.